The lowest BCUT2D eigenvalue weighted by Crippen LogP contribution is -2.27. The molecule has 0 saturated heterocycles. The van der Waals surface area contributed by atoms with E-state index in [1.807, 2.05) is 24.3 Å². The zero-order valence-electron chi connectivity index (χ0n) is 11.1. The van der Waals surface area contributed by atoms with Crippen LogP contribution in [0.5, 0.6) is 0 Å². The standard InChI is InChI=1S/C15H15N3OS/c1-18(13-6-8-17-9-7-13)14(19)10-11-2-4-12(5-3-11)15(16)20/h2-9H,10H2,1H3,(H2,16,20). The number of amides is 1. The first-order chi connectivity index (χ1) is 9.58. The SMILES string of the molecule is CN(C(=O)Cc1ccc(C(N)=S)cc1)c1ccncc1. The Morgan fingerprint density at radius 3 is 2.35 bits per heavy atom. The maximum atomic E-state index is 12.2. The number of rotatable bonds is 4. The molecule has 0 radical (unpaired) electrons. The summed E-state index contributed by atoms with van der Waals surface area (Å²) in [7, 11) is 1.75. The van der Waals surface area contributed by atoms with E-state index in [-0.39, 0.29) is 5.91 Å². The number of anilines is 1. The molecule has 0 bridgehead atoms. The zero-order chi connectivity index (χ0) is 14.5. The van der Waals surface area contributed by atoms with Crippen LogP contribution in [0.2, 0.25) is 0 Å². The van der Waals surface area contributed by atoms with Crippen molar-refractivity contribution in [1.29, 1.82) is 0 Å². The maximum Gasteiger partial charge on any atom is 0.231 e. The van der Waals surface area contributed by atoms with Gasteiger partial charge in [-0.2, -0.15) is 0 Å². The lowest BCUT2D eigenvalue weighted by Gasteiger charge is -2.17. The Labute approximate surface area is 123 Å². The molecule has 1 aromatic carbocycles. The number of nitrogens with two attached hydrogens (primary N) is 1. The van der Waals surface area contributed by atoms with Gasteiger partial charge in [-0.3, -0.25) is 9.78 Å². The number of likely N-dealkylation sites (N-methyl/N-ethyl adjacent to an activating group) is 1. The molecule has 5 heteroatoms. The predicted octanol–water partition coefficient (Wildman–Crippen LogP) is 1.92. The van der Waals surface area contributed by atoms with Crippen LogP contribution in [0.1, 0.15) is 11.1 Å². The van der Waals surface area contributed by atoms with Crippen molar-refractivity contribution >= 4 is 28.8 Å². The number of carbonyl (C=O) groups excluding carboxylic acids is 1. The second-order valence-corrected chi connectivity index (χ2v) is 4.84. The van der Waals surface area contributed by atoms with Crippen molar-refractivity contribution in [2.75, 3.05) is 11.9 Å². The van der Waals surface area contributed by atoms with Gasteiger partial charge in [-0.15, -0.1) is 0 Å². The van der Waals surface area contributed by atoms with E-state index in [2.05, 4.69) is 4.98 Å². The maximum absolute atomic E-state index is 12.2. The molecule has 0 spiro atoms. The van der Waals surface area contributed by atoms with E-state index in [1.165, 1.54) is 0 Å². The van der Waals surface area contributed by atoms with Gasteiger partial charge in [0.15, 0.2) is 0 Å². The molecule has 20 heavy (non-hydrogen) atoms. The number of nitrogens with zero attached hydrogens (tertiary/aromatic N) is 2. The Morgan fingerprint density at radius 2 is 1.80 bits per heavy atom. The summed E-state index contributed by atoms with van der Waals surface area (Å²) in [4.78, 5) is 18.1. The Balaban J connectivity index is 2.06. The van der Waals surface area contributed by atoms with Crippen LogP contribution in [0.15, 0.2) is 48.8 Å². The highest BCUT2D eigenvalue weighted by molar-refractivity contribution is 7.80. The zero-order valence-corrected chi connectivity index (χ0v) is 11.9. The third-order valence-electron chi connectivity index (χ3n) is 3.02. The van der Waals surface area contributed by atoms with Crippen LogP contribution in [0.25, 0.3) is 0 Å². The Bertz CT molecular complexity index is 611. The highest BCUT2D eigenvalue weighted by atomic mass is 32.1. The van der Waals surface area contributed by atoms with Crippen molar-refractivity contribution in [2.24, 2.45) is 5.73 Å². The molecule has 0 aliphatic heterocycles. The Hall–Kier alpha value is -2.27. The fourth-order valence-corrected chi connectivity index (χ4v) is 1.93. The molecule has 1 heterocycles. The average Bonchev–Trinajstić information content (AvgIpc) is 2.48. The van der Waals surface area contributed by atoms with Gasteiger partial charge in [-0.25, -0.2) is 0 Å². The second-order valence-electron chi connectivity index (χ2n) is 4.40. The van der Waals surface area contributed by atoms with Gasteiger partial charge in [-0.1, -0.05) is 36.5 Å². The van der Waals surface area contributed by atoms with E-state index < -0.39 is 0 Å². The van der Waals surface area contributed by atoms with Gasteiger partial charge in [0.25, 0.3) is 0 Å². The average molecular weight is 285 g/mol. The number of hydrogen-bond acceptors (Lipinski definition) is 3. The molecule has 0 aliphatic carbocycles. The van der Waals surface area contributed by atoms with Crippen LogP contribution < -0.4 is 10.6 Å². The first-order valence-corrected chi connectivity index (χ1v) is 6.54. The van der Waals surface area contributed by atoms with Crippen molar-refractivity contribution < 1.29 is 4.79 Å². The van der Waals surface area contributed by atoms with Gasteiger partial charge in [0.2, 0.25) is 5.91 Å². The summed E-state index contributed by atoms with van der Waals surface area (Å²) in [6.45, 7) is 0. The second kappa shape index (κ2) is 6.25. The molecule has 0 saturated carbocycles. The minimum Gasteiger partial charge on any atom is -0.389 e. The van der Waals surface area contributed by atoms with E-state index in [0.717, 1.165) is 16.8 Å². The van der Waals surface area contributed by atoms with Gasteiger partial charge in [0.1, 0.15) is 4.99 Å². The van der Waals surface area contributed by atoms with Crippen molar-refractivity contribution in [3.63, 3.8) is 0 Å². The number of aromatic nitrogens is 1. The molecule has 102 valence electrons. The van der Waals surface area contributed by atoms with Gasteiger partial charge >= 0.3 is 0 Å². The molecule has 0 fully saturated rings. The number of carbonyl (C=O) groups is 1. The highest BCUT2D eigenvalue weighted by Crippen LogP contribution is 2.12. The third kappa shape index (κ3) is 3.39. The molecular weight excluding hydrogens is 270 g/mol. The number of thiocarbonyl (C=S) groups is 1. The molecule has 0 atom stereocenters. The first-order valence-electron chi connectivity index (χ1n) is 6.13. The smallest absolute Gasteiger partial charge is 0.231 e. The summed E-state index contributed by atoms with van der Waals surface area (Å²) in [5, 5.41) is 0. The van der Waals surface area contributed by atoms with E-state index >= 15 is 0 Å². The summed E-state index contributed by atoms with van der Waals surface area (Å²) in [6, 6.07) is 11.0. The van der Waals surface area contributed by atoms with Crippen molar-refractivity contribution in [3.8, 4) is 0 Å². The van der Waals surface area contributed by atoms with Gasteiger partial charge in [-0.05, 0) is 17.7 Å². The number of hydrogen-bond donors (Lipinski definition) is 1. The van der Waals surface area contributed by atoms with Crippen LogP contribution >= 0.6 is 12.2 Å². The molecule has 1 amide bonds. The summed E-state index contributed by atoms with van der Waals surface area (Å²) in [5.41, 5.74) is 8.09. The van der Waals surface area contributed by atoms with E-state index in [9.17, 15) is 4.79 Å². The van der Waals surface area contributed by atoms with Gasteiger partial charge in [0.05, 0.1) is 6.42 Å². The predicted molar refractivity (Wildman–Crippen MR) is 83.7 cm³/mol. The van der Waals surface area contributed by atoms with Crippen LogP contribution in [0.3, 0.4) is 0 Å². The highest BCUT2D eigenvalue weighted by Gasteiger charge is 2.11. The summed E-state index contributed by atoms with van der Waals surface area (Å²) in [6.07, 6.45) is 3.66. The molecule has 2 aromatic rings. The van der Waals surface area contributed by atoms with Crippen molar-refractivity contribution in [3.05, 3.63) is 59.9 Å². The number of pyridine rings is 1. The fourth-order valence-electron chi connectivity index (χ4n) is 1.79. The normalized spacial score (nSPS) is 10.1. The minimum absolute atomic E-state index is 0.0132. The monoisotopic (exact) mass is 285 g/mol. The van der Waals surface area contributed by atoms with Crippen LogP contribution in [-0.2, 0) is 11.2 Å². The van der Waals surface area contributed by atoms with Crippen molar-refractivity contribution in [1.82, 2.24) is 4.98 Å². The van der Waals surface area contributed by atoms with Gasteiger partial charge < -0.3 is 10.6 Å². The summed E-state index contributed by atoms with van der Waals surface area (Å²) < 4.78 is 0. The van der Waals surface area contributed by atoms with Crippen LogP contribution in [0.4, 0.5) is 5.69 Å². The Kier molecular flexibility index (Phi) is 4.42. The lowest BCUT2D eigenvalue weighted by molar-refractivity contribution is -0.117. The summed E-state index contributed by atoms with van der Waals surface area (Å²) in [5.74, 6) is 0.0132. The molecular formula is C15H15N3OS. The molecule has 2 N–H and O–H groups in total. The van der Waals surface area contributed by atoms with E-state index in [4.69, 9.17) is 18.0 Å². The molecule has 4 nitrogen and oxygen atoms in total. The fraction of sp³-hybridized carbons (Fsp3) is 0.133. The van der Waals surface area contributed by atoms with Crippen molar-refractivity contribution in [2.45, 2.75) is 6.42 Å². The van der Waals surface area contributed by atoms with Crippen LogP contribution in [-0.4, -0.2) is 22.9 Å². The topological polar surface area (TPSA) is 59.2 Å². The molecule has 0 unspecified atom stereocenters. The minimum atomic E-state index is 0.0132. The van der Waals surface area contributed by atoms with E-state index in [0.29, 0.717) is 11.4 Å². The molecule has 2 rings (SSSR count). The molecule has 0 aliphatic rings. The molecule has 1 aromatic heterocycles. The Morgan fingerprint density at radius 1 is 1.20 bits per heavy atom. The van der Waals surface area contributed by atoms with Crippen LogP contribution in [0, 0.1) is 0 Å². The van der Waals surface area contributed by atoms with Gasteiger partial charge in [0, 0.05) is 30.7 Å². The summed E-state index contributed by atoms with van der Waals surface area (Å²) >= 11 is 4.90. The largest absolute Gasteiger partial charge is 0.389 e. The quantitative estimate of drug-likeness (QED) is 0.872. The lowest BCUT2D eigenvalue weighted by atomic mass is 10.1. The van der Waals surface area contributed by atoms with E-state index in [1.54, 1.807) is 36.5 Å². The third-order valence-corrected chi connectivity index (χ3v) is 3.25. The number of benzene rings is 1. The first kappa shape index (κ1) is 14.1.